The van der Waals surface area contributed by atoms with Crippen molar-refractivity contribution in [2.24, 2.45) is 0 Å². The number of hydrogen-bond acceptors (Lipinski definition) is 5. The largest absolute Gasteiger partial charge is 0.375 e. The smallest absolute Gasteiger partial charge is 0.273 e. The number of hydrogen-bond donors (Lipinski definition) is 1. The van der Waals surface area contributed by atoms with E-state index in [1.165, 1.54) is 17.7 Å². The number of nitrogens with zero attached hydrogens (tertiary/aromatic N) is 3. The Morgan fingerprint density at radius 1 is 1.47 bits per heavy atom. The highest BCUT2D eigenvalue weighted by Crippen LogP contribution is 2.19. The Hall–Kier alpha value is -1.43. The zero-order chi connectivity index (χ0) is 11.2. The van der Waals surface area contributed by atoms with Crippen LogP contribution in [-0.4, -0.2) is 14.5 Å². The predicted molar refractivity (Wildman–Crippen MR) is 61.1 cm³/mol. The zero-order valence-electron chi connectivity index (χ0n) is 8.81. The van der Waals surface area contributed by atoms with Gasteiger partial charge in [-0.25, -0.2) is 9.97 Å². The topological polar surface area (TPSA) is 73.8 Å². The minimum absolute atomic E-state index is 0.0818. The molecule has 2 heterocycles. The molecule has 0 unspecified atom stereocenters. The molecule has 2 N–H and O–H groups in total. The van der Waals surface area contributed by atoms with Gasteiger partial charge in [0.15, 0.2) is 10.8 Å². The van der Waals surface area contributed by atoms with E-state index in [1.54, 1.807) is 4.57 Å². The van der Waals surface area contributed by atoms with Crippen molar-refractivity contribution in [2.75, 3.05) is 5.73 Å². The first-order valence-corrected chi connectivity index (χ1v) is 5.35. The lowest BCUT2D eigenvalue weighted by Crippen LogP contribution is -2.33. The molecule has 2 rings (SSSR count). The van der Waals surface area contributed by atoms with Crippen molar-refractivity contribution in [3.63, 3.8) is 0 Å². The summed E-state index contributed by atoms with van der Waals surface area (Å²) in [6.45, 7) is 5.85. The maximum atomic E-state index is 12.0. The van der Waals surface area contributed by atoms with Gasteiger partial charge in [-0.3, -0.25) is 9.36 Å². The monoisotopic (exact) mass is 224 g/mol. The first-order valence-electron chi connectivity index (χ1n) is 4.54. The third-order valence-corrected chi connectivity index (χ3v) is 2.92. The van der Waals surface area contributed by atoms with Crippen molar-refractivity contribution in [1.82, 2.24) is 14.5 Å². The highest BCUT2D eigenvalue weighted by atomic mass is 32.1. The number of nitrogens with two attached hydrogens (primary N) is 1. The molecule has 0 atom stereocenters. The van der Waals surface area contributed by atoms with E-state index in [9.17, 15) is 4.79 Å². The van der Waals surface area contributed by atoms with E-state index in [0.717, 1.165) is 0 Å². The summed E-state index contributed by atoms with van der Waals surface area (Å²) in [5, 5.41) is 0.376. The molecule has 80 valence electrons. The van der Waals surface area contributed by atoms with Crippen LogP contribution >= 0.6 is 11.3 Å². The summed E-state index contributed by atoms with van der Waals surface area (Å²) < 4.78 is 2.11. The SMILES string of the molecule is CC(C)(C)n1cnc2nc(N)sc2c1=O. The van der Waals surface area contributed by atoms with Crippen LogP contribution < -0.4 is 11.3 Å². The van der Waals surface area contributed by atoms with Gasteiger partial charge in [0, 0.05) is 5.54 Å². The van der Waals surface area contributed by atoms with Gasteiger partial charge in [-0.1, -0.05) is 11.3 Å². The molecule has 0 bridgehead atoms. The van der Waals surface area contributed by atoms with Crippen LogP contribution in [0.25, 0.3) is 10.3 Å². The number of anilines is 1. The minimum Gasteiger partial charge on any atom is -0.375 e. The maximum Gasteiger partial charge on any atom is 0.273 e. The molecule has 0 aliphatic rings. The lowest BCUT2D eigenvalue weighted by Gasteiger charge is -2.20. The first-order chi connectivity index (χ1) is 6.89. The fourth-order valence-electron chi connectivity index (χ4n) is 1.31. The second kappa shape index (κ2) is 3.03. The van der Waals surface area contributed by atoms with Gasteiger partial charge in [0.05, 0.1) is 0 Å². The third-order valence-electron chi connectivity index (χ3n) is 2.06. The van der Waals surface area contributed by atoms with E-state index in [4.69, 9.17) is 5.73 Å². The fourth-order valence-corrected chi connectivity index (χ4v) is 2.02. The normalized spacial score (nSPS) is 12.2. The molecule has 0 saturated carbocycles. The summed E-state index contributed by atoms with van der Waals surface area (Å²) in [4.78, 5) is 20.1. The van der Waals surface area contributed by atoms with Gasteiger partial charge in [-0.05, 0) is 20.8 Å². The van der Waals surface area contributed by atoms with E-state index >= 15 is 0 Å². The van der Waals surface area contributed by atoms with Gasteiger partial charge in [0.1, 0.15) is 11.0 Å². The number of aromatic nitrogens is 3. The predicted octanol–water partition coefficient (Wildman–Crippen LogP) is 1.19. The van der Waals surface area contributed by atoms with Crippen molar-refractivity contribution in [1.29, 1.82) is 0 Å². The Morgan fingerprint density at radius 3 is 2.73 bits per heavy atom. The Balaban J connectivity index is 2.82. The molecule has 0 aliphatic carbocycles. The molecule has 0 spiro atoms. The molecule has 0 saturated heterocycles. The number of nitrogen functional groups attached to an aromatic ring is 1. The van der Waals surface area contributed by atoms with Crippen molar-refractivity contribution in [2.45, 2.75) is 26.3 Å². The van der Waals surface area contributed by atoms with E-state index < -0.39 is 0 Å². The van der Waals surface area contributed by atoms with Gasteiger partial charge < -0.3 is 5.73 Å². The van der Waals surface area contributed by atoms with Crippen LogP contribution in [0.5, 0.6) is 0 Å². The molecule has 2 aromatic heterocycles. The van der Waals surface area contributed by atoms with E-state index in [1.807, 2.05) is 20.8 Å². The third kappa shape index (κ3) is 1.61. The summed E-state index contributed by atoms with van der Waals surface area (Å²) in [6, 6.07) is 0. The van der Waals surface area contributed by atoms with Crippen molar-refractivity contribution >= 4 is 26.8 Å². The van der Waals surface area contributed by atoms with Crippen molar-refractivity contribution in [3.8, 4) is 0 Å². The lowest BCUT2D eigenvalue weighted by molar-refractivity contribution is 0.382. The van der Waals surface area contributed by atoms with Crippen LogP contribution in [0.1, 0.15) is 20.8 Å². The molecular formula is C9H12N4OS. The van der Waals surface area contributed by atoms with Crippen molar-refractivity contribution < 1.29 is 0 Å². The maximum absolute atomic E-state index is 12.0. The molecule has 15 heavy (non-hydrogen) atoms. The van der Waals surface area contributed by atoms with E-state index in [0.29, 0.717) is 15.5 Å². The van der Waals surface area contributed by atoms with E-state index in [-0.39, 0.29) is 11.1 Å². The average Bonchev–Trinajstić information content (AvgIpc) is 2.44. The zero-order valence-corrected chi connectivity index (χ0v) is 9.63. The van der Waals surface area contributed by atoms with Crippen LogP contribution in [0.2, 0.25) is 0 Å². The van der Waals surface area contributed by atoms with Gasteiger partial charge in [-0.2, -0.15) is 0 Å². The highest BCUT2D eigenvalue weighted by molar-refractivity contribution is 7.21. The number of rotatable bonds is 0. The quantitative estimate of drug-likeness (QED) is 0.729. The summed E-state index contributed by atoms with van der Waals surface area (Å²) in [5.74, 6) is 0. The van der Waals surface area contributed by atoms with Gasteiger partial charge in [-0.15, -0.1) is 0 Å². The van der Waals surface area contributed by atoms with Gasteiger partial charge in [0.2, 0.25) is 0 Å². The Morgan fingerprint density at radius 2 is 2.13 bits per heavy atom. The average molecular weight is 224 g/mol. The standard InChI is InChI=1S/C9H12N4OS/c1-9(2,3)13-4-11-6-5(7(13)14)15-8(10)12-6/h4H,1-3H3,(H2,10,12). The lowest BCUT2D eigenvalue weighted by atomic mass is 10.1. The van der Waals surface area contributed by atoms with Crippen LogP contribution in [0.15, 0.2) is 11.1 Å². The molecule has 0 fully saturated rings. The van der Waals surface area contributed by atoms with Gasteiger partial charge in [0.25, 0.3) is 5.56 Å². The molecule has 0 aliphatic heterocycles. The van der Waals surface area contributed by atoms with Crippen LogP contribution in [0, 0.1) is 0 Å². The summed E-state index contributed by atoms with van der Waals surface area (Å²) in [5.41, 5.74) is 5.61. The fraction of sp³-hybridized carbons (Fsp3) is 0.444. The molecule has 0 amide bonds. The Kier molecular flexibility index (Phi) is 2.04. The highest BCUT2D eigenvalue weighted by Gasteiger charge is 2.17. The Labute approximate surface area is 90.6 Å². The molecule has 5 nitrogen and oxygen atoms in total. The molecular weight excluding hydrogens is 212 g/mol. The van der Waals surface area contributed by atoms with E-state index in [2.05, 4.69) is 9.97 Å². The van der Waals surface area contributed by atoms with Gasteiger partial charge >= 0.3 is 0 Å². The van der Waals surface area contributed by atoms with Crippen LogP contribution in [0.3, 0.4) is 0 Å². The second-order valence-corrected chi connectivity index (χ2v) is 5.33. The van der Waals surface area contributed by atoms with Crippen LogP contribution in [0.4, 0.5) is 5.13 Å². The molecule has 0 aromatic carbocycles. The van der Waals surface area contributed by atoms with Crippen molar-refractivity contribution in [3.05, 3.63) is 16.7 Å². The Bertz CT molecular complexity index is 563. The summed E-state index contributed by atoms with van der Waals surface area (Å²) in [7, 11) is 0. The molecule has 0 radical (unpaired) electrons. The summed E-state index contributed by atoms with van der Waals surface area (Å²) >= 11 is 1.18. The van der Waals surface area contributed by atoms with Crippen LogP contribution in [-0.2, 0) is 5.54 Å². The summed E-state index contributed by atoms with van der Waals surface area (Å²) in [6.07, 6.45) is 1.52. The first kappa shape index (κ1) is 10.1. The second-order valence-electron chi connectivity index (χ2n) is 4.30. The molecule has 6 heteroatoms. The minimum atomic E-state index is -0.281. The number of thiazole rings is 1. The number of fused-ring (bicyclic) bond motifs is 1. The molecule has 2 aromatic rings.